The summed E-state index contributed by atoms with van der Waals surface area (Å²) in [6.45, 7) is 0. The average molecular weight is 205 g/mol. The van der Waals surface area contributed by atoms with Gasteiger partial charge in [-0.25, -0.2) is 4.98 Å². The molecule has 0 fully saturated rings. The van der Waals surface area contributed by atoms with E-state index in [-0.39, 0.29) is 16.6 Å². The highest BCUT2D eigenvalue weighted by atomic mass is 35.5. The van der Waals surface area contributed by atoms with Crippen LogP contribution >= 0.6 is 11.6 Å². The number of pyridine rings is 1. The Hall–Kier alpha value is -1.79. The first-order chi connectivity index (χ1) is 6.72. The van der Waals surface area contributed by atoms with E-state index in [0.717, 1.165) is 0 Å². The maximum Gasteiger partial charge on any atom is 0.143 e. The molecule has 1 N–H and O–H groups in total. The second-order valence-electron chi connectivity index (χ2n) is 2.78. The summed E-state index contributed by atoms with van der Waals surface area (Å²) in [6, 6.07) is 8.35. The number of rotatable bonds is 0. The lowest BCUT2D eigenvalue weighted by molar-refractivity contribution is 0.481. The van der Waals surface area contributed by atoms with Crippen molar-refractivity contribution in [3.8, 4) is 11.8 Å². The Balaban J connectivity index is 2.92. The fourth-order valence-corrected chi connectivity index (χ4v) is 1.53. The zero-order valence-electron chi connectivity index (χ0n) is 7.03. The number of nitriles is 1. The highest BCUT2D eigenvalue weighted by molar-refractivity contribution is 6.34. The number of hydrogen-bond donors (Lipinski definition) is 1. The van der Waals surface area contributed by atoms with E-state index in [2.05, 4.69) is 4.98 Å². The van der Waals surface area contributed by atoms with E-state index in [1.807, 2.05) is 6.07 Å². The number of phenols is 1. The molecule has 1 aromatic carbocycles. The topological polar surface area (TPSA) is 56.9 Å². The van der Waals surface area contributed by atoms with Crippen LogP contribution in [0.5, 0.6) is 5.75 Å². The van der Waals surface area contributed by atoms with Crippen LogP contribution in [0.2, 0.25) is 5.15 Å². The van der Waals surface area contributed by atoms with Crippen LogP contribution in [-0.2, 0) is 0 Å². The van der Waals surface area contributed by atoms with Crippen LogP contribution in [-0.4, -0.2) is 10.1 Å². The Kier molecular flexibility index (Phi) is 1.99. The van der Waals surface area contributed by atoms with Crippen LogP contribution < -0.4 is 0 Å². The van der Waals surface area contributed by atoms with Crippen molar-refractivity contribution >= 4 is 22.4 Å². The summed E-state index contributed by atoms with van der Waals surface area (Å²) in [7, 11) is 0. The van der Waals surface area contributed by atoms with Crippen LogP contribution in [0.1, 0.15) is 5.69 Å². The minimum absolute atomic E-state index is 0.100. The summed E-state index contributed by atoms with van der Waals surface area (Å²) in [6.07, 6.45) is 0. The third kappa shape index (κ3) is 1.26. The highest BCUT2D eigenvalue weighted by Crippen LogP contribution is 2.28. The SMILES string of the molecule is N#Cc1cc2c(O)cccc2c(Cl)n1. The second-order valence-corrected chi connectivity index (χ2v) is 3.14. The normalized spacial score (nSPS) is 10.0. The molecule has 0 aliphatic rings. The number of aromatic hydroxyl groups is 1. The maximum atomic E-state index is 9.52. The van der Waals surface area contributed by atoms with Gasteiger partial charge in [-0.15, -0.1) is 0 Å². The van der Waals surface area contributed by atoms with E-state index in [0.29, 0.717) is 10.8 Å². The Labute approximate surface area is 85.2 Å². The molecule has 1 aromatic heterocycles. The molecular formula is C10H5ClN2O. The van der Waals surface area contributed by atoms with Gasteiger partial charge in [0.15, 0.2) is 0 Å². The molecule has 0 aliphatic carbocycles. The molecule has 0 spiro atoms. The van der Waals surface area contributed by atoms with Gasteiger partial charge in [-0.2, -0.15) is 5.26 Å². The molecule has 0 saturated heterocycles. The quantitative estimate of drug-likeness (QED) is 0.671. The molecule has 4 heteroatoms. The van der Waals surface area contributed by atoms with Crippen molar-refractivity contribution in [2.75, 3.05) is 0 Å². The first-order valence-electron chi connectivity index (χ1n) is 3.90. The standard InChI is InChI=1S/C10H5ClN2O/c11-10-7-2-1-3-9(14)8(7)4-6(5-12)13-10/h1-4,14H. The van der Waals surface area contributed by atoms with Crippen LogP contribution in [0, 0.1) is 11.3 Å². The lowest BCUT2D eigenvalue weighted by Gasteiger charge is -2.02. The van der Waals surface area contributed by atoms with Crippen molar-refractivity contribution in [1.82, 2.24) is 4.98 Å². The number of aromatic nitrogens is 1. The van der Waals surface area contributed by atoms with E-state index in [1.54, 1.807) is 18.2 Å². The minimum Gasteiger partial charge on any atom is -0.507 e. The van der Waals surface area contributed by atoms with Gasteiger partial charge < -0.3 is 5.11 Å². The van der Waals surface area contributed by atoms with Gasteiger partial charge in [-0.3, -0.25) is 0 Å². The van der Waals surface area contributed by atoms with Gasteiger partial charge in [0.05, 0.1) is 0 Å². The minimum atomic E-state index is 0.100. The van der Waals surface area contributed by atoms with E-state index in [1.165, 1.54) is 6.07 Å². The monoisotopic (exact) mass is 204 g/mol. The zero-order valence-corrected chi connectivity index (χ0v) is 7.78. The Morgan fingerprint density at radius 1 is 1.36 bits per heavy atom. The van der Waals surface area contributed by atoms with Crippen LogP contribution in [0.3, 0.4) is 0 Å². The molecule has 0 radical (unpaired) electrons. The Bertz CT molecular complexity index is 546. The molecule has 3 nitrogen and oxygen atoms in total. The summed E-state index contributed by atoms with van der Waals surface area (Å²) in [4.78, 5) is 3.85. The van der Waals surface area contributed by atoms with Gasteiger partial charge in [0, 0.05) is 10.8 Å². The molecule has 68 valence electrons. The molecule has 0 aliphatic heterocycles. The van der Waals surface area contributed by atoms with Crippen molar-refractivity contribution in [1.29, 1.82) is 5.26 Å². The number of nitrogens with zero attached hydrogens (tertiary/aromatic N) is 2. The predicted molar refractivity (Wildman–Crippen MR) is 53.1 cm³/mol. The third-order valence-electron chi connectivity index (χ3n) is 1.92. The van der Waals surface area contributed by atoms with Gasteiger partial charge in [0.25, 0.3) is 0 Å². The molecule has 0 amide bonds. The van der Waals surface area contributed by atoms with Crippen molar-refractivity contribution in [3.05, 3.63) is 35.1 Å². The molecule has 1 heterocycles. The summed E-state index contributed by atoms with van der Waals surface area (Å²) in [5.41, 5.74) is 0.198. The van der Waals surface area contributed by atoms with Gasteiger partial charge in [-0.1, -0.05) is 23.7 Å². The molecule has 2 rings (SSSR count). The predicted octanol–water partition coefficient (Wildman–Crippen LogP) is 2.47. The molecule has 0 saturated carbocycles. The van der Waals surface area contributed by atoms with Crippen LogP contribution in [0.4, 0.5) is 0 Å². The van der Waals surface area contributed by atoms with E-state index in [4.69, 9.17) is 16.9 Å². The van der Waals surface area contributed by atoms with Crippen molar-refractivity contribution < 1.29 is 5.11 Å². The number of fused-ring (bicyclic) bond motifs is 1. The summed E-state index contributed by atoms with van der Waals surface area (Å²) >= 11 is 5.84. The number of phenolic OH excluding ortho intramolecular Hbond substituents is 1. The van der Waals surface area contributed by atoms with Gasteiger partial charge in [0.2, 0.25) is 0 Å². The van der Waals surface area contributed by atoms with Gasteiger partial charge >= 0.3 is 0 Å². The molecule has 2 aromatic rings. The average Bonchev–Trinajstić information content (AvgIpc) is 2.19. The first kappa shape index (κ1) is 8.79. The lowest BCUT2D eigenvalue weighted by Crippen LogP contribution is -1.85. The van der Waals surface area contributed by atoms with Crippen LogP contribution in [0.25, 0.3) is 10.8 Å². The van der Waals surface area contributed by atoms with Crippen molar-refractivity contribution in [3.63, 3.8) is 0 Å². The molecule has 0 unspecified atom stereocenters. The second kappa shape index (κ2) is 3.17. The lowest BCUT2D eigenvalue weighted by atomic mass is 10.1. The Morgan fingerprint density at radius 2 is 2.14 bits per heavy atom. The highest BCUT2D eigenvalue weighted by Gasteiger charge is 2.06. The van der Waals surface area contributed by atoms with Crippen LogP contribution in [0.15, 0.2) is 24.3 Å². The fraction of sp³-hybridized carbons (Fsp3) is 0. The fourth-order valence-electron chi connectivity index (χ4n) is 1.28. The van der Waals surface area contributed by atoms with E-state index < -0.39 is 0 Å². The number of hydrogen-bond acceptors (Lipinski definition) is 3. The number of halogens is 1. The smallest absolute Gasteiger partial charge is 0.143 e. The van der Waals surface area contributed by atoms with Gasteiger partial charge in [0.1, 0.15) is 22.7 Å². The first-order valence-corrected chi connectivity index (χ1v) is 4.28. The van der Waals surface area contributed by atoms with Crippen molar-refractivity contribution in [2.45, 2.75) is 0 Å². The maximum absolute atomic E-state index is 9.52. The largest absolute Gasteiger partial charge is 0.507 e. The van der Waals surface area contributed by atoms with E-state index in [9.17, 15) is 5.11 Å². The molecule has 14 heavy (non-hydrogen) atoms. The van der Waals surface area contributed by atoms with Gasteiger partial charge in [-0.05, 0) is 12.1 Å². The summed E-state index contributed by atoms with van der Waals surface area (Å²) < 4.78 is 0. The zero-order chi connectivity index (χ0) is 10.1. The molecule has 0 atom stereocenters. The van der Waals surface area contributed by atoms with E-state index >= 15 is 0 Å². The number of benzene rings is 1. The molecule has 0 bridgehead atoms. The molecular weight excluding hydrogens is 200 g/mol. The summed E-state index contributed by atoms with van der Waals surface area (Å²) in [5.74, 6) is 0.100. The third-order valence-corrected chi connectivity index (χ3v) is 2.21. The Morgan fingerprint density at radius 3 is 2.86 bits per heavy atom. The van der Waals surface area contributed by atoms with Crippen molar-refractivity contribution in [2.24, 2.45) is 0 Å². The summed E-state index contributed by atoms with van der Waals surface area (Å²) in [5, 5.41) is 19.6.